The van der Waals surface area contributed by atoms with Gasteiger partial charge in [0, 0.05) is 27.1 Å². The third kappa shape index (κ3) is 2.82. The number of fused-ring (bicyclic) bond motifs is 8. The van der Waals surface area contributed by atoms with E-state index in [1.165, 1.54) is 5.56 Å². The van der Waals surface area contributed by atoms with Crippen molar-refractivity contribution >= 4 is 67.4 Å². The van der Waals surface area contributed by atoms with Gasteiger partial charge in [0.15, 0.2) is 0 Å². The lowest BCUT2D eigenvalue weighted by Crippen LogP contribution is -2.17. The molecule has 1 aliphatic heterocycles. The Kier molecular flexibility index (Phi) is 3.89. The van der Waals surface area contributed by atoms with Crippen LogP contribution in [0.3, 0.4) is 0 Å². The number of pyridine rings is 1. The molecule has 0 fully saturated rings. The Morgan fingerprint density at radius 1 is 0.811 bits per heavy atom. The molecule has 1 unspecified atom stereocenters. The van der Waals surface area contributed by atoms with E-state index in [9.17, 15) is 4.79 Å². The fourth-order valence-electron chi connectivity index (χ4n) is 5.99. The highest BCUT2D eigenvalue weighted by atomic mass is 79.9. The Morgan fingerprint density at radius 3 is 2.38 bits per heavy atom. The van der Waals surface area contributed by atoms with E-state index in [1.807, 2.05) is 18.2 Å². The summed E-state index contributed by atoms with van der Waals surface area (Å²) in [4.78, 5) is 24.0. The number of hydrogen-bond donors (Lipinski definition) is 0. The van der Waals surface area contributed by atoms with Crippen molar-refractivity contribution in [3.05, 3.63) is 87.3 Å². The van der Waals surface area contributed by atoms with E-state index in [2.05, 4.69) is 95.9 Å². The molecule has 2 aromatic carbocycles. The lowest BCUT2D eigenvalue weighted by Gasteiger charge is -2.22. The van der Waals surface area contributed by atoms with E-state index >= 15 is 0 Å². The lowest BCUT2D eigenvalue weighted by atomic mass is 9.91. The lowest BCUT2D eigenvalue weighted by molar-refractivity contribution is 0.633. The Balaban J connectivity index is 1.44. The zero-order valence-electron chi connectivity index (χ0n) is 20.7. The third-order valence-electron chi connectivity index (χ3n) is 7.94. The first-order chi connectivity index (χ1) is 17.7. The van der Waals surface area contributed by atoms with Crippen molar-refractivity contribution in [3.8, 4) is 11.4 Å². The molecule has 8 rings (SSSR count). The van der Waals surface area contributed by atoms with Gasteiger partial charge in [0.1, 0.15) is 11.5 Å². The minimum Gasteiger partial charge on any atom is -0.319 e. The SMILES string of the molecule is CC1(C)C=Cc2nc3n(c2C=C1)Cc1ccc2c4c1c-3ccc4c(=O)n1c3c(nc21)C=CC(C)(Br)C=C3. The maximum Gasteiger partial charge on any atom is 0.264 e. The van der Waals surface area contributed by atoms with Gasteiger partial charge in [-0.25, -0.2) is 9.97 Å². The van der Waals surface area contributed by atoms with Crippen molar-refractivity contribution in [2.45, 2.75) is 31.6 Å². The van der Waals surface area contributed by atoms with Crippen LogP contribution in [0.25, 0.3) is 62.9 Å². The van der Waals surface area contributed by atoms with Crippen LogP contribution >= 0.6 is 15.9 Å². The quantitative estimate of drug-likeness (QED) is 0.194. The number of hydrogen-bond acceptors (Lipinski definition) is 3. The second-order valence-corrected chi connectivity index (χ2v) is 12.8. The smallest absolute Gasteiger partial charge is 0.264 e. The maximum atomic E-state index is 13.9. The second kappa shape index (κ2) is 6.75. The van der Waals surface area contributed by atoms with Crippen LogP contribution in [-0.4, -0.2) is 23.3 Å². The van der Waals surface area contributed by atoms with Gasteiger partial charge in [0.25, 0.3) is 5.56 Å². The number of imidazole rings is 2. The fraction of sp³-hybridized carbons (Fsp3) is 0.194. The molecule has 6 heteroatoms. The summed E-state index contributed by atoms with van der Waals surface area (Å²) in [6.07, 6.45) is 16.9. The van der Waals surface area contributed by atoms with Crippen molar-refractivity contribution in [2.24, 2.45) is 5.41 Å². The zero-order chi connectivity index (χ0) is 25.3. The van der Waals surface area contributed by atoms with E-state index < -0.39 is 0 Å². The van der Waals surface area contributed by atoms with Crippen molar-refractivity contribution < 1.29 is 0 Å². The Bertz CT molecular complexity index is 2030. The number of benzene rings is 2. The molecule has 0 spiro atoms. The number of alkyl halides is 1. The molecule has 37 heavy (non-hydrogen) atoms. The molecule has 0 saturated heterocycles. The average molecular weight is 547 g/mol. The minimum atomic E-state index is -0.273. The van der Waals surface area contributed by atoms with Gasteiger partial charge in [-0.3, -0.25) is 9.20 Å². The van der Waals surface area contributed by atoms with Crippen LogP contribution in [0.15, 0.2) is 53.4 Å². The number of aromatic nitrogens is 4. The first-order valence-corrected chi connectivity index (χ1v) is 13.3. The normalized spacial score (nSPS) is 20.9. The van der Waals surface area contributed by atoms with Crippen LogP contribution in [-0.2, 0) is 6.54 Å². The molecule has 0 saturated carbocycles. The van der Waals surface area contributed by atoms with Crippen LogP contribution in [0.5, 0.6) is 0 Å². The summed E-state index contributed by atoms with van der Waals surface area (Å²) < 4.78 is 3.80. The van der Waals surface area contributed by atoms with Gasteiger partial charge in [0.2, 0.25) is 0 Å². The molecule has 0 bridgehead atoms. The summed E-state index contributed by atoms with van der Waals surface area (Å²) in [6.45, 7) is 7.19. The predicted octanol–water partition coefficient (Wildman–Crippen LogP) is 6.92. The molecule has 0 amide bonds. The largest absolute Gasteiger partial charge is 0.319 e. The van der Waals surface area contributed by atoms with Crippen LogP contribution in [0.2, 0.25) is 0 Å². The molecule has 180 valence electrons. The van der Waals surface area contributed by atoms with Gasteiger partial charge in [0.05, 0.1) is 33.6 Å². The van der Waals surface area contributed by atoms with Crippen molar-refractivity contribution in [2.75, 3.05) is 0 Å². The number of allylic oxidation sites excluding steroid dienone is 4. The molecule has 4 heterocycles. The zero-order valence-corrected chi connectivity index (χ0v) is 22.3. The van der Waals surface area contributed by atoms with Gasteiger partial charge >= 0.3 is 0 Å². The van der Waals surface area contributed by atoms with Crippen molar-refractivity contribution in [1.29, 1.82) is 0 Å². The van der Waals surface area contributed by atoms with E-state index in [0.29, 0.717) is 5.65 Å². The first-order valence-electron chi connectivity index (χ1n) is 12.5. The van der Waals surface area contributed by atoms with Gasteiger partial charge in [-0.05, 0) is 54.3 Å². The standard InChI is InChI=1S/C31H23BrN4O/c1-30(2)12-8-21-23(10-13-30)35-16-17-4-5-19-26-20(7-6-18(25(17)26)27(35)33-21)29(37)36-24-11-15-31(3,32)14-9-22(24)34-28(19)36/h4-15H,16H2,1-3H3. The number of halogens is 1. The van der Waals surface area contributed by atoms with Gasteiger partial charge in [-0.15, -0.1) is 0 Å². The highest BCUT2D eigenvalue weighted by Crippen LogP contribution is 2.43. The van der Waals surface area contributed by atoms with Crippen LogP contribution < -0.4 is 5.56 Å². The molecule has 5 nitrogen and oxygen atoms in total. The van der Waals surface area contributed by atoms with E-state index in [-0.39, 0.29) is 15.3 Å². The number of rotatable bonds is 0. The third-order valence-corrected chi connectivity index (χ3v) is 8.47. The molecular formula is C31H23BrN4O. The molecule has 5 aromatic rings. The second-order valence-electron chi connectivity index (χ2n) is 11.1. The first kappa shape index (κ1) is 21.3. The summed E-state index contributed by atoms with van der Waals surface area (Å²) in [5, 5.41) is 3.82. The van der Waals surface area contributed by atoms with Crippen LogP contribution in [0.1, 0.15) is 49.1 Å². The number of nitrogens with zero attached hydrogens (tertiary/aromatic N) is 4. The molecule has 2 aliphatic carbocycles. The van der Waals surface area contributed by atoms with Crippen molar-refractivity contribution in [3.63, 3.8) is 0 Å². The molecule has 0 N–H and O–H groups in total. The Morgan fingerprint density at radius 2 is 1.51 bits per heavy atom. The van der Waals surface area contributed by atoms with E-state index in [4.69, 9.17) is 9.97 Å². The van der Waals surface area contributed by atoms with Gasteiger partial charge in [-0.1, -0.05) is 66.2 Å². The Labute approximate surface area is 221 Å². The molecular weight excluding hydrogens is 524 g/mol. The van der Waals surface area contributed by atoms with Crippen LogP contribution in [0, 0.1) is 5.41 Å². The van der Waals surface area contributed by atoms with Crippen molar-refractivity contribution in [1.82, 2.24) is 18.9 Å². The Hall–Kier alpha value is -3.77. The fourth-order valence-corrected chi connectivity index (χ4v) is 6.25. The van der Waals surface area contributed by atoms with Crippen LogP contribution in [0.4, 0.5) is 0 Å². The maximum absolute atomic E-state index is 13.9. The summed E-state index contributed by atoms with van der Waals surface area (Å²) in [5.41, 5.74) is 6.68. The highest BCUT2D eigenvalue weighted by Gasteiger charge is 2.28. The monoisotopic (exact) mass is 546 g/mol. The van der Waals surface area contributed by atoms with Gasteiger partial charge in [-0.2, -0.15) is 0 Å². The average Bonchev–Trinajstić information content (AvgIpc) is 3.32. The topological polar surface area (TPSA) is 52.2 Å². The molecule has 3 aliphatic rings. The van der Waals surface area contributed by atoms with E-state index in [1.54, 1.807) is 4.40 Å². The highest BCUT2D eigenvalue weighted by molar-refractivity contribution is 9.10. The summed E-state index contributed by atoms with van der Waals surface area (Å²) >= 11 is 3.71. The van der Waals surface area contributed by atoms with E-state index in [0.717, 1.165) is 62.3 Å². The molecule has 1 atom stereocenters. The molecule has 3 aromatic heterocycles. The molecule has 0 radical (unpaired) electrons. The summed E-state index contributed by atoms with van der Waals surface area (Å²) in [6, 6.07) is 8.37. The van der Waals surface area contributed by atoms with Gasteiger partial charge < -0.3 is 4.57 Å². The summed E-state index contributed by atoms with van der Waals surface area (Å²) in [5.74, 6) is 0.954. The predicted molar refractivity (Wildman–Crippen MR) is 155 cm³/mol. The minimum absolute atomic E-state index is 0.00743. The summed E-state index contributed by atoms with van der Waals surface area (Å²) in [7, 11) is 0.